The first-order chi connectivity index (χ1) is 10.8. The van der Waals surface area contributed by atoms with E-state index in [9.17, 15) is 27.0 Å². The number of carbonyl (C=O) groups is 2. The monoisotopic (exact) mass is 343 g/mol. The fourth-order valence-corrected chi connectivity index (χ4v) is 3.18. The van der Waals surface area contributed by atoms with Crippen LogP contribution in [0.3, 0.4) is 0 Å². The summed E-state index contributed by atoms with van der Waals surface area (Å²) in [5, 5.41) is 2.11. The molecule has 0 aliphatic heterocycles. The predicted molar refractivity (Wildman–Crippen MR) is 77.6 cm³/mol. The van der Waals surface area contributed by atoms with Gasteiger partial charge in [-0.2, -0.15) is 13.2 Å². The van der Waals surface area contributed by atoms with Crippen molar-refractivity contribution in [3.05, 3.63) is 53.0 Å². The molecule has 0 saturated heterocycles. The number of ketones is 1. The largest absolute Gasteiger partial charge is 0.402 e. The fourth-order valence-electron chi connectivity index (χ4n) is 2.02. The van der Waals surface area contributed by atoms with E-state index in [0.717, 1.165) is 6.08 Å². The highest BCUT2D eigenvalue weighted by molar-refractivity contribution is 7.89. The van der Waals surface area contributed by atoms with Gasteiger partial charge in [-0.3, -0.25) is 9.59 Å². The minimum absolute atomic E-state index is 0.225. The van der Waals surface area contributed by atoms with Gasteiger partial charge in [-0.25, -0.2) is 4.21 Å². The van der Waals surface area contributed by atoms with Crippen molar-refractivity contribution in [2.45, 2.75) is 11.1 Å². The number of carbonyl (C=O) groups excluding carboxylic acids is 2. The average molecular weight is 343 g/mol. The lowest BCUT2D eigenvalue weighted by Crippen LogP contribution is -2.37. The van der Waals surface area contributed by atoms with Crippen LogP contribution >= 0.6 is 0 Å². The maximum Gasteiger partial charge on any atom is 0.402 e. The Morgan fingerprint density at radius 2 is 1.83 bits per heavy atom. The SMILES string of the molecule is CNC(=O)C1=CC(S(=O)c2ccccc2)=CC(C(F)(F)F)C1=O. The van der Waals surface area contributed by atoms with Gasteiger partial charge in [-0.1, -0.05) is 18.2 Å². The van der Waals surface area contributed by atoms with E-state index in [1.165, 1.54) is 19.2 Å². The lowest BCUT2D eigenvalue weighted by molar-refractivity contribution is -0.169. The van der Waals surface area contributed by atoms with E-state index in [0.29, 0.717) is 6.08 Å². The van der Waals surface area contributed by atoms with Crippen LogP contribution in [-0.4, -0.2) is 29.1 Å². The Balaban J connectivity index is 2.51. The molecule has 23 heavy (non-hydrogen) atoms. The first-order valence-electron chi connectivity index (χ1n) is 6.49. The average Bonchev–Trinajstić information content (AvgIpc) is 2.53. The van der Waals surface area contributed by atoms with E-state index in [1.807, 2.05) is 0 Å². The lowest BCUT2D eigenvalue weighted by Gasteiger charge is -2.21. The van der Waals surface area contributed by atoms with Gasteiger partial charge in [0.1, 0.15) is 5.92 Å². The number of amides is 1. The van der Waals surface area contributed by atoms with Crippen LogP contribution in [0.15, 0.2) is 57.9 Å². The van der Waals surface area contributed by atoms with Crippen molar-refractivity contribution in [2.24, 2.45) is 5.92 Å². The lowest BCUT2D eigenvalue weighted by atomic mass is 9.91. The molecular weight excluding hydrogens is 331 g/mol. The van der Waals surface area contributed by atoms with Crippen molar-refractivity contribution >= 4 is 22.5 Å². The standard InChI is InChI=1S/C15H12F3NO3S/c1-19-14(21)11-7-10(8-12(13(11)20)15(16,17)18)23(22)9-5-3-2-4-6-9/h2-8,12H,1H3,(H,19,21). The van der Waals surface area contributed by atoms with Gasteiger partial charge in [-0.15, -0.1) is 0 Å². The van der Waals surface area contributed by atoms with Crippen molar-refractivity contribution in [1.29, 1.82) is 0 Å². The van der Waals surface area contributed by atoms with Gasteiger partial charge in [-0.05, 0) is 24.3 Å². The van der Waals surface area contributed by atoms with Crippen molar-refractivity contribution in [3.63, 3.8) is 0 Å². The smallest absolute Gasteiger partial charge is 0.355 e. The number of rotatable bonds is 3. The molecule has 1 aliphatic carbocycles. The molecule has 1 aliphatic rings. The third-order valence-electron chi connectivity index (χ3n) is 3.16. The van der Waals surface area contributed by atoms with E-state index in [1.54, 1.807) is 18.2 Å². The molecule has 4 nitrogen and oxygen atoms in total. The Kier molecular flexibility index (Phi) is 4.84. The second kappa shape index (κ2) is 6.49. The molecule has 1 N–H and O–H groups in total. The number of alkyl halides is 3. The third-order valence-corrected chi connectivity index (χ3v) is 4.54. The molecule has 2 rings (SSSR count). The first kappa shape index (κ1) is 17.1. The zero-order valence-corrected chi connectivity index (χ0v) is 12.7. The van der Waals surface area contributed by atoms with Crippen LogP contribution in [0.4, 0.5) is 13.2 Å². The molecular formula is C15H12F3NO3S. The van der Waals surface area contributed by atoms with Gasteiger partial charge >= 0.3 is 6.18 Å². The molecule has 2 atom stereocenters. The highest BCUT2D eigenvalue weighted by atomic mass is 32.2. The minimum Gasteiger partial charge on any atom is -0.355 e. The second-order valence-corrected chi connectivity index (χ2v) is 6.15. The molecule has 122 valence electrons. The molecule has 8 heteroatoms. The van der Waals surface area contributed by atoms with Crippen LogP contribution in [0.1, 0.15) is 0 Å². The normalized spacial score (nSPS) is 19.7. The molecule has 0 radical (unpaired) electrons. The highest BCUT2D eigenvalue weighted by Crippen LogP contribution is 2.35. The molecule has 0 aromatic heterocycles. The Hall–Kier alpha value is -2.22. The molecule has 1 aromatic rings. The Morgan fingerprint density at radius 1 is 1.22 bits per heavy atom. The number of Topliss-reactive ketones (excluding diaryl/α,β-unsaturated/α-hetero) is 1. The van der Waals surface area contributed by atoms with Crippen molar-refractivity contribution in [1.82, 2.24) is 5.32 Å². The van der Waals surface area contributed by atoms with Gasteiger partial charge in [0.05, 0.1) is 16.4 Å². The summed E-state index contributed by atoms with van der Waals surface area (Å²) in [6.45, 7) is 0. The van der Waals surface area contributed by atoms with Gasteiger partial charge in [0.25, 0.3) is 5.91 Å². The Morgan fingerprint density at radius 3 is 2.35 bits per heavy atom. The fraction of sp³-hybridized carbons (Fsp3) is 0.200. The summed E-state index contributed by atoms with van der Waals surface area (Å²) in [6, 6.07) is 7.83. The summed E-state index contributed by atoms with van der Waals surface area (Å²) in [7, 11) is -0.727. The van der Waals surface area contributed by atoms with Crippen LogP contribution in [0.25, 0.3) is 0 Å². The van der Waals surface area contributed by atoms with E-state index < -0.39 is 40.2 Å². The molecule has 1 amide bonds. The van der Waals surface area contributed by atoms with E-state index >= 15 is 0 Å². The van der Waals surface area contributed by atoms with Crippen molar-refractivity contribution in [3.8, 4) is 0 Å². The van der Waals surface area contributed by atoms with E-state index in [4.69, 9.17) is 0 Å². The Labute approximate surface area is 132 Å². The van der Waals surface area contributed by atoms with Crippen molar-refractivity contribution in [2.75, 3.05) is 7.05 Å². The van der Waals surface area contributed by atoms with Crippen molar-refractivity contribution < 1.29 is 27.0 Å². The topological polar surface area (TPSA) is 63.2 Å². The summed E-state index contributed by atoms with van der Waals surface area (Å²) in [6.07, 6.45) is -3.30. The highest BCUT2D eigenvalue weighted by Gasteiger charge is 2.47. The quantitative estimate of drug-likeness (QED) is 0.855. The van der Waals surface area contributed by atoms with E-state index in [-0.39, 0.29) is 9.80 Å². The molecule has 2 unspecified atom stereocenters. The summed E-state index contributed by atoms with van der Waals surface area (Å²) in [4.78, 5) is 23.6. The number of benzene rings is 1. The van der Waals surface area contributed by atoms with Gasteiger partial charge in [0, 0.05) is 16.8 Å². The summed E-state index contributed by atoms with van der Waals surface area (Å²) in [5.74, 6) is -4.78. The molecule has 0 fully saturated rings. The number of hydrogen-bond donors (Lipinski definition) is 1. The zero-order chi connectivity index (χ0) is 17.2. The Bertz CT molecular complexity index is 723. The van der Waals surface area contributed by atoms with Crippen LogP contribution in [0.2, 0.25) is 0 Å². The molecule has 0 spiro atoms. The molecule has 0 saturated carbocycles. The predicted octanol–water partition coefficient (Wildman–Crippen LogP) is 2.11. The molecule has 1 aromatic carbocycles. The zero-order valence-electron chi connectivity index (χ0n) is 11.9. The van der Waals surface area contributed by atoms with Crippen LogP contribution in [0.5, 0.6) is 0 Å². The van der Waals surface area contributed by atoms with Gasteiger partial charge < -0.3 is 5.32 Å². The number of hydrogen-bond acceptors (Lipinski definition) is 3. The van der Waals surface area contributed by atoms with Crippen LogP contribution in [0, 0.1) is 5.92 Å². The van der Waals surface area contributed by atoms with Crippen LogP contribution in [-0.2, 0) is 20.4 Å². The summed E-state index contributed by atoms with van der Waals surface area (Å²) >= 11 is 0. The number of halogens is 3. The summed E-state index contributed by atoms with van der Waals surface area (Å²) < 4.78 is 51.6. The number of allylic oxidation sites excluding steroid dienone is 2. The van der Waals surface area contributed by atoms with Crippen LogP contribution < -0.4 is 5.32 Å². The van der Waals surface area contributed by atoms with Gasteiger partial charge in [0.2, 0.25) is 0 Å². The van der Waals surface area contributed by atoms with Gasteiger partial charge in [0.15, 0.2) is 5.78 Å². The molecule has 0 bridgehead atoms. The first-order valence-corrected chi connectivity index (χ1v) is 7.64. The maximum atomic E-state index is 13.0. The summed E-state index contributed by atoms with van der Waals surface area (Å²) in [5.41, 5.74) is -0.656. The molecule has 0 heterocycles. The number of nitrogens with one attached hydrogen (secondary N) is 1. The van der Waals surface area contributed by atoms with E-state index in [2.05, 4.69) is 5.32 Å². The number of likely N-dealkylation sites (N-methyl/N-ethyl adjacent to an activating group) is 1. The maximum absolute atomic E-state index is 13.0. The second-order valence-electron chi connectivity index (χ2n) is 4.67. The third kappa shape index (κ3) is 3.58. The minimum atomic E-state index is -4.86.